The molecule has 0 atom stereocenters. The van der Waals surface area contributed by atoms with E-state index >= 15 is 0 Å². The first-order chi connectivity index (χ1) is 15.4. The van der Waals surface area contributed by atoms with Crippen molar-refractivity contribution >= 4 is 33.6 Å². The Bertz CT molecular complexity index is 1080. The molecule has 2 heterocycles. The lowest BCUT2D eigenvalue weighted by atomic mass is 9.97. The number of aromatic nitrogens is 2. The molecular weight excluding hydrogens is 451 g/mol. The van der Waals surface area contributed by atoms with Gasteiger partial charge < -0.3 is 20.3 Å². The van der Waals surface area contributed by atoms with Crippen LogP contribution < -0.4 is 20.7 Å². The van der Waals surface area contributed by atoms with Crippen LogP contribution in [-0.4, -0.2) is 49.7 Å². The van der Waals surface area contributed by atoms with Crippen molar-refractivity contribution in [2.45, 2.75) is 44.1 Å². The average Bonchev–Trinajstić information content (AvgIpc) is 2.73. The quantitative estimate of drug-likeness (QED) is 0.573. The molecule has 1 saturated heterocycles. The number of alkyl carbamates (subject to hydrolysis) is 1. The van der Waals surface area contributed by atoms with Gasteiger partial charge in [0.05, 0.1) is 11.1 Å². The molecule has 0 spiro atoms. The van der Waals surface area contributed by atoms with Gasteiger partial charge in [-0.1, -0.05) is 0 Å². The Morgan fingerprint density at radius 1 is 1.24 bits per heavy atom. The molecule has 0 aliphatic carbocycles. The largest absolute Gasteiger partial charge is 0.444 e. The number of rotatable bonds is 6. The molecule has 1 aromatic carbocycles. The number of ether oxygens (including phenoxy) is 1. The molecule has 0 unspecified atom stereocenters. The molecule has 4 N–H and O–H groups in total. The molecule has 3 rings (SSSR count). The van der Waals surface area contributed by atoms with Crippen LogP contribution in [0.3, 0.4) is 0 Å². The molecule has 0 radical (unpaired) electrons. The molecule has 1 aliphatic rings. The number of primary sulfonamides is 1. The van der Waals surface area contributed by atoms with Crippen molar-refractivity contribution in [1.29, 1.82) is 0 Å². The van der Waals surface area contributed by atoms with E-state index in [-0.39, 0.29) is 22.6 Å². The number of hydrogen-bond acceptors (Lipinski definition) is 8. The first-order valence-corrected chi connectivity index (χ1v) is 12.1. The fraction of sp³-hybridized carbons (Fsp3) is 0.476. The van der Waals surface area contributed by atoms with Gasteiger partial charge in [0.15, 0.2) is 11.6 Å². The Kier molecular flexibility index (Phi) is 7.38. The van der Waals surface area contributed by atoms with Crippen molar-refractivity contribution in [3.05, 3.63) is 36.3 Å². The summed E-state index contributed by atoms with van der Waals surface area (Å²) in [6, 6.07) is 5.76. The van der Waals surface area contributed by atoms with Gasteiger partial charge in [0, 0.05) is 25.3 Å². The molecule has 10 nitrogen and oxygen atoms in total. The zero-order valence-corrected chi connectivity index (χ0v) is 19.7. The highest BCUT2D eigenvalue weighted by Gasteiger charge is 2.24. The van der Waals surface area contributed by atoms with Gasteiger partial charge in [-0.2, -0.15) is 4.98 Å². The van der Waals surface area contributed by atoms with Gasteiger partial charge in [0.1, 0.15) is 5.60 Å². The summed E-state index contributed by atoms with van der Waals surface area (Å²) in [7, 11) is -3.79. The number of nitrogens with zero attached hydrogens (tertiary/aromatic N) is 3. The van der Waals surface area contributed by atoms with Crippen LogP contribution in [-0.2, 0) is 14.8 Å². The fourth-order valence-corrected chi connectivity index (χ4v) is 3.90. The van der Waals surface area contributed by atoms with Gasteiger partial charge in [-0.25, -0.2) is 27.7 Å². The van der Waals surface area contributed by atoms with E-state index in [0.29, 0.717) is 25.3 Å². The van der Waals surface area contributed by atoms with Gasteiger partial charge >= 0.3 is 6.09 Å². The second kappa shape index (κ2) is 9.87. The summed E-state index contributed by atoms with van der Waals surface area (Å²) in [5, 5.41) is 10.8. The van der Waals surface area contributed by atoms with E-state index in [1.54, 1.807) is 0 Å². The van der Waals surface area contributed by atoms with Crippen LogP contribution in [0, 0.1) is 11.7 Å². The van der Waals surface area contributed by atoms with Crippen molar-refractivity contribution in [2.75, 3.05) is 29.9 Å². The Morgan fingerprint density at radius 2 is 1.88 bits per heavy atom. The van der Waals surface area contributed by atoms with Gasteiger partial charge in [-0.05, 0) is 63.8 Å². The van der Waals surface area contributed by atoms with E-state index in [9.17, 15) is 17.6 Å². The number of nitrogens with one attached hydrogen (secondary N) is 2. The predicted octanol–water partition coefficient (Wildman–Crippen LogP) is 2.75. The lowest BCUT2D eigenvalue weighted by molar-refractivity contribution is 0.0516. The van der Waals surface area contributed by atoms with Crippen LogP contribution in [0.2, 0.25) is 0 Å². The monoisotopic (exact) mass is 480 g/mol. The topological polar surface area (TPSA) is 140 Å². The molecule has 33 heavy (non-hydrogen) atoms. The maximum Gasteiger partial charge on any atom is 0.407 e. The van der Waals surface area contributed by atoms with Crippen molar-refractivity contribution in [3.63, 3.8) is 0 Å². The number of halogens is 1. The Labute approximate surface area is 192 Å². The molecule has 0 saturated carbocycles. The van der Waals surface area contributed by atoms with Gasteiger partial charge in [0.25, 0.3) is 0 Å². The van der Waals surface area contributed by atoms with E-state index in [4.69, 9.17) is 9.88 Å². The smallest absolute Gasteiger partial charge is 0.407 e. The average molecular weight is 481 g/mol. The molecule has 180 valence electrons. The number of piperidine rings is 1. The summed E-state index contributed by atoms with van der Waals surface area (Å²) >= 11 is 0. The lowest BCUT2D eigenvalue weighted by Gasteiger charge is -2.33. The maximum atomic E-state index is 14.4. The third-order valence-electron chi connectivity index (χ3n) is 5.01. The highest BCUT2D eigenvalue weighted by atomic mass is 32.2. The Morgan fingerprint density at radius 3 is 2.45 bits per heavy atom. The standard InChI is InChI=1S/C21H29FN6O4S/c1-21(2,3)32-20(29)25-12-14-8-10-28(11-9-14)18-17(22)13-24-19(27-18)26-15-4-6-16(7-5-15)33(23,30)31/h4-7,13-14H,8-12H2,1-3H3,(H,25,29)(H2,23,30,31)(H,24,26,27). The molecule has 2 aromatic rings. The van der Waals surface area contributed by atoms with Crippen molar-refractivity contribution < 1.29 is 22.3 Å². The van der Waals surface area contributed by atoms with Crippen molar-refractivity contribution in [3.8, 4) is 0 Å². The summed E-state index contributed by atoms with van der Waals surface area (Å²) in [5.41, 5.74) is -0.0136. The van der Waals surface area contributed by atoms with E-state index in [2.05, 4.69) is 20.6 Å². The molecule has 1 aliphatic heterocycles. The molecule has 12 heteroatoms. The first kappa shape index (κ1) is 24.6. The number of nitrogens with two attached hydrogens (primary N) is 1. The number of carbonyl (C=O) groups is 1. The van der Waals surface area contributed by atoms with E-state index < -0.39 is 27.5 Å². The fourth-order valence-electron chi connectivity index (χ4n) is 3.39. The predicted molar refractivity (Wildman–Crippen MR) is 122 cm³/mol. The summed E-state index contributed by atoms with van der Waals surface area (Å²) in [6.07, 6.45) is 2.17. The normalized spacial score (nSPS) is 15.2. The van der Waals surface area contributed by atoms with Gasteiger partial charge in [0.2, 0.25) is 16.0 Å². The van der Waals surface area contributed by atoms with Gasteiger partial charge in [-0.3, -0.25) is 0 Å². The maximum absolute atomic E-state index is 14.4. The molecule has 1 fully saturated rings. The summed E-state index contributed by atoms with van der Waals surface area (Å²) < 4.78 is 42.4. The van der Waals surface area contributed by atoms with Crippen LogP contribution >= 0.6 is 0 Å². The number of anilines is 3. The SMILES string of the molecule is CC(C)(C)OC(=O)NCC1CCN(c2nc(Nc3ccc(S(N)(=O)=O)cc3)ncc2F)CC1. The number of carbonyl (C=O) groups excluding carboxylic acids is 1. The van der Waals surface area contributed by atoms with Crippen LogP contribution in [0.5, 0.6) is 0 Å². The Hall–Kier alpha value is -2.99. The van der Waals surface area contributed by atoms with Crippen LogP contribution in [0.4, 0.5) is 26.6 Å². The number of sulfonamides is 1. The Balaban J connectivity index is 1.57. The summed E-state index contributed by atoms with van der Waals surface area (Å²) in [4.78, 5) is 21.9. The third kappa shape index (κ3) is 7.26. The highest BCUT2D eigenvalue weighted by molar-refractivity contribution is 7.89. The highest BCUT2D eigenvalue weighted by Crippen LogP contribution is 2.25. The zero-order valence-electron chi connectivity index (χ0n) is 18.8. The lowest BCUT2D eigenvalue weighted by Crippen LogP contribution is -2.40. The molecular formula is C21H29FN6O4S. The molecule has 0 bridgehead atoms. The number of hydrogen-bond donors (Lipinski definition) is 3. The van der Waals surface area contributed by atoms with E-state index in [1.807, 2.05) is 25.7 Å². The molecule has 1 aromatic heterocycles. The van der Waals surface area contributed by atoms with Crippen LogP contribution in [0.25, 0.3) is 0 Å². The van der Waals surface area contributed by atoms with Crippen LogP contribution in [0.1, 0.15) is 33.6 Å². The van der Waals surface area contributed by atoms with E-state index in [1.165, 1.54) is 24.3 Å². The third-order valence-corrected chi connectivity index (χ3v) is 5.94. The first-order valence-electron chi connectivity index (χ1n) is 10.5. The summed E-state index contributed by atoms with van der Waals surface area (Å²) in [5.74, 6) is 0.0970. The van der Waals surface area contributed by atoms with E-state index in [0.717, 1.165) is 19.0 Å². The minimum Gasteiger partial charge on any atom is -0.444 e. The molecule has 1 amide bonds. The second-order valence-corrected chi connectivity index (χ2v) is 10.4. The zero-order chi connectivity index (χ0) is 24.2. The van der Waals surface area contributed by atoms with Gasteiger partial charge in [-0.15, -0.1) is 0 Å². The number of benzene rings is 1. The van der Waals surface area contributed by atoms with Crippen LogP contribution in [0.15, 0.2) is 35.4 Å². The number of amides is 1. The van der Waals surface area contributed by atoms with Crippen molar-refractivity contribution in [1.82, 2.24) is 15.3 Å². The minimum atomic E-state index is -3.79. The summed E-state index contributed by atoms with van der Waals surface area (Å²) in [6.45, 7) is 7.09. The second-order valence-electron chi connectivity index (χ2n) is 8.87. The minimum absolute atomic E-state index is 0.0159. The van der Waals surface area contributed by atoms with Crippen molar-refractivity contribution in [2.24, 2.45) is 11.1 Å².